The van der Waals surface area contributed by atoms with Crippen LogP contribution in [0.15, 0.2) is 0 Å². The van der Waals surface area contributed by atoms with Crippen LogP contribution in [0.2, 0.25) is 0 Å². The van der Waals surface area contributed by atoms with E-state index in [0.29, 0.717) is 0 Å². The molecule has 0 heterocycles. The van der Waals surface area contributed by atoms with Gasteiger partial charge in [-0.05, 0) is 25.0 Å². The van der Waals surface area contributed by atoms with Gasteiger partial charge >= 0.3 is 5.97 Å². The van der Waals surface area contributed by atoms with Crippen LogP contribution in [0.1, 0.15) is 6.92 Å². The van der Waals surface area contributed by atoms with E-state index in [-0.39, 0.29) is 5.92 Å². The Kier molecular flexibility index (Phi) is 6.11. The van der Waals surface area contributed by atoms with Crippen molar-refractivity contribution in [3.63, 3.8) is 0 Å². The molecule has 0 aliphatic heterocycles. The van der Waals surface area contributed by atoms with Crippen LogP contribution >= 0.6 is 11.8 Å². The van der Waals surface area contributed by atoms with E-state index in [1.165, 1.54) is 7.05 Å². The van der Waals surface area contributed by atoms with Crippen molar-refractivity contribution in [3.05, 3.63) is 0 Å². The summed E-state index contributed by atoms with van der Waals surface area (Å²) in [4.78, 5) is 10.7. The third-order valence-corrected chi connectivity index (χ3v) is 2.79. The smallest absolute Gasteiger partial charge is 0.323 e. The fraction of sp³-hybridized carbons (Fsp3) is 0.875. The minimum Gasteiger partial charge on any atom is -0.480 e. The quantitative estimate of drug-likeness (QED) is 0.573. The van der Waals surface area contributed by atoms with Crippen LogP contribution < -0.4 is 5.32 Å². The zero-order chi connectivity index (χ0) is 10.4. The van der Waals surface area contributed by atoms with E-state index >= 15 is 0 Å². The van der Waals surface area contributed by atoms with Crippen LogP contribution in [0.4, 0.5) is 0 Å². The largest absolute Gasteiger partial charge is 0.480 e. The van der Waals surface area contributed by atoms with E-state index < -0.39 is 18.1 Å². The van der Waals surface area contributed by atoms with Crippen molar-refractivity contribution in [2.24, 2.45) is 5.92 Å². The minimum absolute atomic E-state index is 0.0245. The maximum atomic E-state index is 10.7. The van der Waals surface area contributed by atoms with Crippen LogP contribution in [0.25, 0.3) is 0 Å². The number of carbonyl (C=O) groups is 1. The van der Waals surface area contributed by atoms with E-state index in [1.807, 2.05) is 13.2 Å². The van der Waals surface area contributed by atoms with Crippen LogP contribution in [0.5, 0.6) is 0 Å². The molecule has 0 aliphatic carbocycles. The van der Waals surface area contributed by atoms with Gasteiger partial charge in [-0.25, -0.2) is 0 Å². The maximum Gasteiger partial charge on any atom is 0.323 e. The Morgan fingerprint density at radius 3 is 2.46 bits per heavy atom. The number of aliphatic carboxylic acids is 1. The van der Waals surface area contributed by atoms with E-state index in [2.05, 4.69) is 5.32 Å². The molecular weight excluding hydrogens is 190 g/mol. The molecule has 0 amide bonds. The molecule has 13 heavy (non-hydrogen) atoms. The van der Waals surface area contributed by atoms with Crippen LogP contribution in [0, 0.1) is 5.92 Å². The standard InChI is InChI=1S/C8H17NO3S/c1-5(4-13-3)7(10)6(9-2)8(11)12/h5-7,9-10H,4H2,1-3H3,(H,11,12)/t5-,6?,7+/m0/s1. The molecule has 3 N–H and O–H groups in total. The van der Waals surface area contributed by atoms with Crippen LogP contribution in [0.3, 0.4) is 0 Å². The fourth-order valence-corrected chi connectivity index (χ4v) is 1.85. The molecule has 3 atom stereocenters. The second-order valence-corrected chi connectivity index (χ2v) is 3.94. The first kappa shape index (κ1) is 12.7. The Morgan fingerprint density at radius 1 is 1.62 bits per heavy atom. The minimum atomic E-state index is -1.01. The molecule has 0 saturated carbocycles. The highest BCUT2D eigenvalue weighted by Crippen LogP contribution is 2.12. The van der Waals surface area contributed by atoms with E-state index in [1.54, 1.807) is 11.8 Å². The summed E-state index contributed by atoms with van der Waals surface area (Å²) in [6.45, 7) is 1.84. The number of hydrogen-bond acceptors (Lipinski definition) is 4. The van der Waals surface area contributed by atoms with E-state index in [0.717, 1.165) is 5.75 Å². The van der Waals surface area contributed by atoms with Crippen molar-refractivity contribution < 1.29 is 15.0 Å². The van der Waals surface area contributed by atoms with Gasteiger partial charge in [0, 0.05) is 0 Å². The SMILES string of the molecule is CNC(C(=O)O)[C@H](O)[C@@H](C)CSC. The number of thioether (sulfide) groups is 1. The second kappa shape index (κ2) is 6.23. The first-order chi connectivity index (χ1) is 6.04. The third kappa shape index (κ3) is 3.97. The van der Waals surface area contributed by atoms with Gasteiger partial charge in [0.05, 0.1) is 6.10 Å². The Balaban J connectivity index is 4.18. The molecule has 0 fully saturated rings. The van der Waals surface area contributed by atoms with Gasteiger partial charge in [0.1, 0.15) is 6.04 Å². The first-order valence-corrected chi connectivity index (χ1v) is 5.51. The highest BCUT2D eigenvalue weighted by atomic mass is 32.2. The van der Waals surface area contributed by atoms with Crippen molar-refractivity contribution in [2.45, 2.75) is 19.1 Å². The van der Waals surface area contributed by atoms with Gasteiger partial charge in [-0.2, -0.15) is 11.8 Å². The van der Waals surface area contributed by atoms with Gasteiger partial charge < -0.3 is 15.5 Å². The van der Waals surface area contributed by atoms with Crippen molar-refractivity contribution in [1.82, 2.24) is 5.32 Å². The number of likely N-dealkylation sites (N-methyl/N-ethyl adjacent to an activating group) is 1. The van der Waals surface area contributed by atoms with Gasteiger partial charge in [0.15, 0.2) is 0 Å². The first-order valence-electron chi connectivity index (χ1n) is 4.11. The number of aliphatic hydroxyl groups is 1. The van der Waals surface area contributed by atoms with Crippen molar-refractivity contribution in [1.29, 1.82) is 0 Å². The molecule has 1 unspecified atom stereocenters. The maximum absolute atomic E-state index is 10.7. The number of nitrogens with one attached hydrogen (secondary N) is 1. The summed E-state index contributed by atoms with van der Waals surface area (Å²) < 4.78 is 0. The molecule has 5 heteroatoms. The topological polar surface area (TPSA) is 69.6 Å². The van der Waals surface area contributed by atoms with Gasteiger partial charge in [-0.3, -0.25) is 4.79 Å². The lowest BCUT2D eigenvalue weighted by molar-refractivity contribution is -0.143. The highest BCUT2D eigenvalue weighted by molar-refractivity contribution is 7.98. The van der Waals surface area contributed by atoms with E-state index in [9.17, 15) is 9.90 Å². The molecule has 0 aromatic rings. The summed E-state index contributed by atoms with van der Waals surface area (Å²) in [6, 6.07) is -0.873. The Labute approximate surface area is 82.7 Å². The highest BCUT2D eigenvalue weighted by Gasteiger charge is 2.28. The Bertz CT molecular complexity index is 165. The zero-order valence-electron chi connectivity index (χ0n) is 8.15. The summed E-state index contributed by atoms with van der Waals surface area (Å²) in [5.74, 6) is -0.279. The molecule has 0 saturated heterocycles. The Morgan fingerprint density at radius 2 is 2.15 bits per heavy atom. The zero-order valence-corrected chi connectivity index (χ0v) is 8.97. The predicted octanol–water partition coefficient (Wildman–Crippen LogP) is 0.0190. The number of hydrogen-bond donors (Lipinski definition) is 3. The van der Waals surface area contributed by atoms with Crippen LogP contribution in [-0.2, 0) is 4.79 Å². The molecule has 0 bridgehead atoms. The fourth-order valence-electron chi connectivity index (χ4n) is 1.13. The van der Waals surface area contributed by atoms with Crippen molar-refractivity contribution in [3.8, 4) is 0 Å². The van der Waals surface area contributed by atoms with E-state index in [4.69, 9.17) is 5.11 Å². The van der Waals surface area contributed by atoms with Crippen LogP contribution in [-0.4, -0.2) is 47.4 Å². The van der Waals surface area contributed by atoms with Crippen molar-refractivity contribution >= 4 is 17.7 Å². The normalized spacial score (nSPS) is 17.8. The molecular formula is C8H17NO3S. The summed E-state index contributed by atoms with van der Waals surface area (Å²) in [5.41, 5.74) is 0. The molecule has 0 aromatic heterocycles. The number of carboxylic acid groups (broad SMARTS) is 1. The summed E-state index contributed by atoms with van der Waals surface area (Å²) in [7, 11) is 1.54. The van der Waals surface area contributed by atoms with Gasteiger partial charge in [-0.15, -0.1) is 0 Å². The lowest BCUT2D eigenvalue weighted by Crippen LogP contribution is -2.47. The molecule has 0 rings (SSSR count). The van der Waals surface area contributed by atoms with Gasteiger partial charge in [0.25, 0.3) is 0 Å². The summed E-state index contributed by atoms with van der Waals surface area (Å²) in [5, 5.41) is 20.9. The lowest BCUT2D eigenvalue weighted by atomic mass is 10.00. The van der Waals surface area contributed by atoms with Gasteiger partial charge in [-0.1, -0.05) is 6.92 Å². The summed E-state index contributed by atoms with van der Waals surface area (Å²) >= 11 is 1.60. The van der Waals surface area contributed by atoms with Crippen molar-refractivity contribution in [2.75, 3.05) is 19.1 Å². The molecule has 0 radical (unpaired) electrons. The third-order valence-electron chi connectivity index (χ3n) is 1.93. The number of rotatable bonds is 6. The predicted molar refractivity (Wildman–Crippen MR) is 54.0 cm³/mol. The number of aliphatic hydroxyl groups excluding tert-OH is 1. The molecule has 0 aromatic carbocycles. The van der Waals surface area contributed by atoms with Gasteiger partial charge in [0.2, 0.25) is 0 Å². The summed E-state index contributed by atoms with van der Waals surface area (Å²) in [6.07, 6.45) is 1.09. The monoisotopic (exact) mass is 207 g/mol. The molecule has 78 valence electrons. The lowest BCUT2D eigenvalue weighted by Gasteiger charge is -2.23. The molecule has 0 spiro atoms. The molecule has 0 aliphatic rings. The Hall–Kier alpha value is -0.260. The number of carboxylic acids is 1. The molecule has 4 nitrogen and oxygen atoms in total. The average Bonchev–Trinajstić information content (AvgIpc) is 2.05. The average molecular weight is 207 g/mol. The second-order valence-electron chi connectivity index (χ2n) is 3.03.